The number of ether oxygens (including phenoxy) is 1. The number of anilines is 1. The van der Waals surface area contributed by atoms with Crippen LogP contribution in [0.25, 0.3) is 0 Å². The molecule has 0 amide bonds. The predicted octanol–water partition coefficient (Wildman–Crippen LogP) is 2.43. The lowest BCUT2D eigenvalue weighted by atomic mass is 10.1. The van der Waals surface area contributed by atoms with Gasteiger partial charge in [0.2, 0.25) is 0 Å². The maximum Gasteiger partial charge on any atom is 0.0503 e. The van der Waals surface area contributed by atoms with E-state index in [9.17, 15) is 0 Å². The maximum atomic E-state index is 5.17. The molecule has 1 atom stereocenters. The zero-order chi connectivity index (χ0) is 12.6. The number of methoxy groups -OCH3 is 1. The van der Waals surface area contributed by atoms with E-state index in [2.05, 4.69) is 34.9 Å². The van der Waals surface area contributed by atoms with Crippen molar-refractivity contribution in [2.45, 2.75) is 31.7 Å². The number of hydrogen-bond acceptors (Lipinski definition) is 3. The van der Waals surface area contributed by atoms with E-state index in [0.717, 1.165) is 26.1 Å². The minimum absolute atomic E-state index is 0.601. The predicted molar refractivity (Wildman–Crippen MR) is 76.2 cm³/mol. The molecular weight excluding hydrogens is 224 g/mol. The van der Waals surface area contributed by atoms with Crippen LogP contribution < -0.4 is 10.6 Å². The molecule has 2 N–H and O–H groups in total. The van der Waals surface area contributed by atoms with Crippen molar-refractivity contribution >= 4 is 5.69 Å². The Balaban J connectivity index is 1.98. The molecule has 0 radical (unpaired) electrons. The molecule has 0 saturated carbocycles. The van der Waals surface area contributed by atoms with Crippen molar-refractivity contribution < 1.29 is 4.74 Å². The van der Waals surface area contributed by atoms with Gasteiger partial charge in [0.15, 0.2) is 0 Å². The van der Waals surface area contributed by atoms with Crippen LogP contribution in [0.1, 0.15) is 24.8 Å². The highest BCUT2D eigenvalue weighted by molar-refractivity contribution is 5.51. The Hall–Kier alpha value is -1.06. The van der Waals surface area contributed by atoms with Gasteiger partial charge in [0.1, 0.15) is 0 Å². The standard InChI is InChI=1S/C15H24N2O/c1-18-12-9-13-5-2-3-7-15(13)17-14-6-4-10-16-11-8-14/h2-3,5,7,14,16-17H,4,6,8-12H2,1H3. The first kappa shape index (κ1) is 13.4. The first-order chi connectivity index (χ1) is 8.90. The normalized spacial score (nSPS) is 20.4. The Morgan fingerprint density at radius 3 is 3.06 bits per heavy atom. The fourth-order valence-corrected chi connectivity index (χ4v) is 2.47. The molecule has 0 spiro atoms. The van der Waals surface area contributed by atoms with Gasteiger partial charge in [0, 0.05) is 18.8 Å². The van der Waals surface area contributed by atoms with Crippen molar-refractivity contribution in [1.29, 1.82) is 0 Å². The van der Waals surface area contributed by atoms with Gasteiger partial charge in [-0.15, -0.1) is 0 Å². The zero-order valence-corrected chi connectivity index (χ0v) is 11.2. The van der Waals surface area contributed by atoms with Crippen LogP contribution in [0.2, 0.25) is 0 Å². The lowest BCUT2D eigenvalue weighted by Crippen LogP contribution is -2.22. The van der Waals surface area contributed by atoms with E-state index in [1.165, 1.54) is 30.5 Å². The Labute approximate surface area is 110 Å². The van der Waals surface area contributed by atoms with Gasteiger partial charge in [-0.2, -0.15) is 0 Å². The third-order valence-electron chi connectivity index (χ3n) is 3.53. The van der Waals surface area contributed by atoms with Gasteiger partial charge in [-0.25, -0.2) is 0 Å². The molecule has 100 valence electrons. The van der Waals surface area contributed by atoms with E-state index in [1.807, 2.05) is 0 Å². The summed E-state index contributed by atoms with van der Waals surface area (Å²) in [6.07, 6.45) is 4.70. The molecule has 1 unspecified atom stereocenters. The van der Waals surface area contributed by atoms with Crippen molar-refractivity contribution in [2.75, 3.05) is 32.1 Å². The fraction of sp³-hybridized carbons (Fsp3) is 0.600. The number of benzene rings is 1. The summed E-state index contributed by atoms with van der Waals surface area (Å²) in [6.45, 7) is 3.06. The second-order valence-corrected chi connectivity index (χ2v) is 4.92. The fourth-order valence-electron chi connectivity index (χ4n) is 2.47. The highest BCUT2D eigenvalue weighted by Crippen LogP contribution is 2.19. The second kappa shape index (κ2) is 7.39. The van der Waals surface area contributed by atoms with Gasteiger partial charge >= 0.3 is 0 Å². The highest BCUT2D eigenvalue weighted by Gasteiger charge is 2.12. The molecule has 1 aromatic rings. The van der Waals surface area contributed by atoms with Crippen LogP contribution in [0.3, 0.4) is 0 Å². The van der Waals surface area contributed by atoms with Crippen LogP contribution in [0.4, 0.5) is 5.69 Å². The van der Waals surface area contributed by atoms with Crippen molar-refractivity contribution in [3.05, 3.63) is 29.8 Å². The lowest BCUT2D eigenvalue weighted by molar-refractivity contribution is 0.202. The van der Waals surface area contributed by atoms with E-state index in [0.29, 0.717) is 6.04 Å². The monoisotopic (exact) mass is 248 g/mol. The zero-order valence-electron chi connectivity index (χ0n) is 11.2. The number of para-hydroxylation sites is 1. The molecule has 0 aliphatic carbocycles. The Morgan fingerprint density at radius 1 is 1.28 bits per heavy atom. The molecular formula is C15H24N2O. The van der Waals surface area contributed by atoms with Gasteiger partial charge in [-0.05, 0) is 50.4 Å². The summed E-state index contributed by atoms with van der Waals surface area (Å²) >= 11 is 0. The van der Waals surface area contributed by atoms with Crippen LogP contribution in [0.15, 0.2) is 24.3 Å². The maximum absolute atomic E-state index is 5.17. The third-order valence-corrected chi connectivity index (χ3v) is 3.53. The van der Waals surface area contributed by atoms with Crippen molar-refractivity contribution in [3.63, 3.8) is 0 Å². The molecule has 0 aromatic heterocycles. The lowest BCUT2D eigenvalue weighted by Gasteiger charge is -2.20. The molecule has 3 nitrogen and oxygen atoms in total. The van der Waals surface area contributed by atoms with E-state index in [-0.39, 0.29) is 0 Å². The summed E-state index contributed by atoms with van der Waals surface area (Å²) in [5, 5.41) is 7.15. The number of nitrogens with one attached hydrogen (secondary N) is 2. The van der Waals surface area contributed by atoms with Gasteiger partial charge in [0.05, 0.1) is 6.61 Å². The molecule has 2 rings (SSSR count). The van der Waals surface area contributed by atoms with E-state index in [4.69, 9.17) is 4.74 Å². The first-order valence-corrected chi connectivity index (χ1v) is 6.94. The molecule has 1 fully saturated rings. The smallest absolute Gasteiger partial charge is 0.0503 e. The van der Waals surface area contributed by atoms with Crippen molar-refractivity contribution in [3.8, 4) is 0 Å². The van der Waals surface area contributed by atoms with Crippen LogP contribution in [-0.2, 0) is 11.2 Å². The summed E-state index contributed by atoms with van der Waals surface area (Å²) in [7, 11) is 1.76. The quantitative estimate of drug-likeness (QED) is 0.839. The molecule has 18 heavy (non-hydrogen) atoms. The number of hydrogen-bond donors (Lipinski definition) is 2. The van der Waals surface area contributed by atoms with Gasteiger partial charge in [0.25, 0.3) is 0 Å². The topological polar surface area (TPSA) is 33.3 Å². The van der Waals surface area contributed by atoms with Crippen LogP contribution in [0.5, 0.6) is 0 Å². The Bertz CT molecular complexity index is 346. The molecule has 1 heterocycles. The highest BCUT2D eigenvalue weighted by atomic mass is 16.5. The van der Waals surface area contributed by atoms with Gasteiger partial charge in [-0.1, -0.05) is 18.2 Å². The summed E-state index contributed by atoms with van der Waals surface area (Å²) in [4.78, 5) is 0. The average molecular weight is 248 g/mol. The summed E-state index contributed by atoms with van der Waals surface area (Å²) in [6, 6.07) is 9.18. The SMILES string of the molecule is COCCc1ccccc1NC1CCCNCC1. The molecule has 1 saturated heterocycles. The van der Waals surface area contributed by atoms with Crippen molar-refractivity contribution in [1.82, 2.24) is 5.32 Å². The summed E-state index contributed by atoms with van der Waals surface area (Å²) in [5.74, 6) is 0. The minimum Gasteiger partial charge on any atom is -0.384 e. The molecule has 1 aromatic carbocycles. The Kier molecular flexibility index (Phi) is 5.49. The van der Waals surface area contributed by atoms with E-state index < -0.39 is 0 Å². The number of rotatable bonds is 5. The molecule has 1 aliphatic heterocycles. The third kappa shape index (κ3) is 4.00. The van der Waals surface area contributed by atoms with E-state index >= 15 is 0 Å². The Morgan fingerprint density at radius 2 is 2.17 bits per heavy atom. The van der Waals surface area contributed by atoms with Crippen LogP contribution >= 0.6 is 0 Å². The summed E-state index contributed by atoms with van der Waals surface area (Å²) < 4.78 is 5.17. The molecule has 1 aliphatic rings. The van der Waals surface area contributed by atoms with Crippen molar-refractivity contribution in [2.24, 2.45) is 0 Å². The van der Waals surface area contributed by atoms with Gasteiger partial charge in [-0.3, -0.25) is 0 Å². The van der Waals surface area contributed by atoms with Crippen LogP contribution in [-0.4, -0.2) is 32.8 Å². The van der Waals surface area contributed by atoms with Crippen LogP contribution in [0, 0.1) is 0 Å². The second-order valence-electron chi connectivity index (χ2n) is 4.92. The average Bonchev–Trinajstić information content (AvgIpc) is 2.66. The largest absolute Gasteiger partial charge is 0.384 e. The minimum atomic E-state index is 0.601. The molecule has 0 bridgehead atoms. The molecule has 3 heteroatoms. The first-order valence-electron chi connectivity index (χ1n) is 6.94. The van der Waals surface area contributed by atoms with Gasteiger partial charge < -0.3 is 15.4 Å². The van der Waals surface area contributed by atoms with E-state index in [1.54, 1.807) is 7.11 Å². The summed E-state index contributed by atoms with van der Waals surface area (Å²) in [5.41, 5.74) is 2.64.